The molecule has 1 amide bonds. The minimum absolute atomic E-state index is 0.119. The predicted octanol–water partition coefficient (Wildman–Crippen LogP) is 4.40. The normalized spacial score (nSPS) is 10.7. The zero-order valence-corrected chi connectivity index (χ0v) is 13.1. The highest BCUT2D eigenvalue weighted by molar-refractivity contribution is 7.22. The Kier molecular flexibility index (Phi) is 4.17. The number of nitrogens with zero attached hydrogens (tertiary/aromatic N) is 1. The van der Waals surface area contributed by atoms with Crippen molar-refractivity contribution in [2.24, 2.45) is 0 Å². The number of hydrogen-bond acceptors (Lipinski definition) is 5. The zero-order chi connectivity index (χ0) is 14.7. The highest BCUT2D eigenvalue weighted by Gasteiger charge is 2.11. The summed E-state index contributed by atoms with van der Waals surface area (Å²) in [4.78, 5) is 17.1. The average Bonchev–Trinajstić information content (AvgIpc) is 3.13. The number of carbonyl (C=O) groups excluding carboxylic acids is 1. The Bertz CT molecular complexity index is 750. The topological polar surface area (TPSA) is 51.2 Å². The molecule has 1 N–H and O–H groups in total. The smallest absolute Gasteiger partial charge is 0.267 e. The third-order valence-electron chi connectivity index (χ3n) is 2.80. The van der Waals surface area contributed by atoms with Crippen molar-refractivity contribution >= 4 is 43.9 Å². The summed E-state index contributed by atoms with van der Waals surface area (Å²) in [5, 5.41) is 5.32. The van der Waals surface area contributed by atoms with Gasteiger partial charge in [0.25, 0.3) is 5.91 Å². The quantitative estimate of drug-likeness (QED) is 0.758. The molecule has 0 fully saturated rings. The summed E-state index contributed by atoms with van der Waals surface area (Å²) >= 11 is 2.87. The molecule has 0 aliphatic rings. The van der Waals surface area contributed by atoms with Crippen LogP contribution in [-0.4, -0.2) is 17.5 Å². The van der Waals surface area contributed by atoms with E-state index in [0.717, 1.165) is 22.4 Å². The van der Waals surface area contributed by atoms with Crippen molar-refractivity contribution in [2.45, 2.75) is 13.3 Å². The largest absolute Gasteiger partial charge is 0.494 e. The number of carbonyl (C=O) groups is 1. The first kappa shape index (κ1) is 14.0. The summed E-state index contributed by atoms with van der Waals surface area (Å²) in [6, 6.07) is 9.43. The molecular formula is C15H14N2O2S2. The molecule has 0 radical (unpaired) electrons. The Balaban J connectivity index is 1.79. The number of nitrogens with one attached hydrogen (secondary N) is 1. The minimum atomic E-state index is -0.119. The number of anilines is 1. The molecule has 0 saturated carbocycles. The molecule has 3 aromatic rings. The molecule has 0 aliphatic heterocycles. The number of fused-ring (bicyclic) bond motifs is 1. The maximum atomic E-state index is 12.0. The minimum Gasteiger partial charge on any atom is -0.494 e. The summed E-state index contributed by atoms with van der Waals surface area (Å²) in [6.07, 6.45) is 0.975. The van der Waals surface area contributed by atoms with E-state index in [1.807, 2.05) is 29.6 Å². The van der Waals surface area contributed by atoms with Gasteiger partial charge in [-0.25, -0.2) is 4.98 Å². The van der Waals surface area contributed by atoms with Crippen LogP contribution >= 0.6 is 22.7 Å². The number of ether oxygens (including phenoxy) is 1. The van der Waals surface area contributed by atoms with Gasteiger partial charge in [-0.15, -0.1) is 11.3 Å². The highest BCUT2D eigenvalue weighted by Crippen LogP contribution is 2.29. The van der Waals surface area contributed by atoms with Gasteiger partial charge in [0.05, 0.1) is 21.7 Å². The molecule has 2 aromatic heterocycles. The molecule has 2 heterocycles. The predicted molar refractivity (Wildman–Crippen MR) is 87.7 cm³/mol. The lowest BCUT2D eigenvalue weighted by atomic mass is 10.3. The lowest BCUT2D eigenvalue weighted by Gasteiger charge is -2.02. The van der Waals surface area contributed by atoms with Crippen LogP contribution in [-0.2, 0) is 0 Å². The molecule has 108 valence electrons. The van der Waals surface area contributed by atoms with Crippen LogP contribution in [0.1, 0.15) is 23.0 Å². The molecule has 3 rings (SSSR count). The highest BCUT2D eigenvalue weighted by atomic mass is 32.1. The van der Waals surface area contributed by atoms with Crippen molar-refractivity contribution < 1.29 is 9.53 Å². The Morgan fingerprint density at radius 2 is 2.29 bits per heavy atom. The summed E-state index contributed by atoms with van der Waals surface area (Å²) in [5.41, 5.74) is 0.866. The second-order valence-corrected chi connectivity index (χ2v) is 6.41. The fourth-order valence-electron chi connectivity index (χ4n) is 1.83. The van der Waals surface area contributed by atoms with Crippen LogP contribution in [0.15, 0.2) is 35.7 Å². The monoisotopic (exact) mass is 318 g/mol. The van der Waals surface area contributed by atoms with Gasteiger partial charge in [-0.1, -0.05) is 24.3 Å². The van der Waals surface area contributed by atoms with Crippen LogP contribution in [0.2, 0.25) is 0 Å². The zero-order valence-electron chi connectivity index (χ0n) is 11.5. The van der Waals surface area contributed by atoms with Gasteiger partial charge in [-0.05, 0) is 36.1 Å². The molecule has 21 heavy (non-hydrogen) atoms. The van der Waals surface area contributed by atoms with Crippen LogP contribution in [0, 0.1) is 0 Å². The van der Waals surface area contributed by atoms with Gasteiger partial charge < -0.3 is 4.74 Å². The molecule has 0 spiro atoms. The first-order valence-corrected chi connectivity index (χ1v) is 8.34. The van der Waals surface area contributed by atoms with Gasteiger partial charge in [0.1, 0.15) is 5.75 Å². The van der Waals surface area contributed by atoms with E-state index in [-0.39, 0.29) is 5.91 Å². The fourth-order valence-corrected chi connectivity index (χ4v) is 3.34. The number of thiazole rings is 1. The van der Waals surface area contributed by atoms with E-state index in [9.17, 15) is 4.79 Å². The van der Waals surface area contributed by atoms with E-state index in [1.54, 1.807) is 6.07 Å². The molecule has 0 unspecified atom stereocenters. The average molecular weight is 318 g/mol. The SMILES string of the molecule is CCCOc1ccc2nc(NC(=O)c3cccs3)sc2c1. The van der Waals surface area contributed by atoms with Crippen LogP contribution in [0.5, 0.6) is 5.75 Å². The van der Waals surface area contributed by atoms with Crippen LogP contribution in [0.25, 0.3) is 10.2 Å². The molecule has 0 aliphatic carbocycles. The number of amides is 1. The number of thiophene rings is 1. The number of rotatable bonds is 5. The third kappa shape index (κ3) is 3.22. The Morgan fingerprint density at radius 3 is 3.05 bits per heavy atom. The molecule has 1 aromatic carbocycles. The van der Waals surface area contributed by atoms with Crippen molar-refractivity contribution in [2.75, 3.05) is 11.9 Å². The molecular weight excluding hydrogens is 304 g/mol. The maximum absolute atomic E-state index is 12.0. The van der Waals surface area contributed by atoms with Crippen LogP contribution < -0.4 is 10.1 Å². The molecule has 6 heteroatoms. The summed E-state index contributed by atoms with van der Waals surface area (Å²) in [6.45, 7) is 2.77. The van der Waals surface area contributed by atoms with E-state index in [0.29, 0.717) is 16.6 Å². The van der Waals surface area contributed by atoms with Crippen molar-refractivity contribution in [1.29, 1.82) is 0 Å². The number of hydrogen-bond donors (Lipinski definition) is 1. The standard InChI is InChI=1S/C15H14N2O2S2/c1-2-7-19-10-5-6-11-13(9-10)21-15(16-11)17-14(18)12-4-3-8-20-12/h3-6,8-9H,2,7H2,1H3,(H,16,17,18). The maximum Gasteiger partial charge on any atom is 0.267 e. The molecule has 4 nitrogen and oxygen atoms in total. The van der Waals surface area contributed by atoms with E-state index in [1.165, 1.54) is 22.7 Å². The van der Waals surface area contributed by atoms with Crippen LogP contribution in [0.4, 0.5) is 5.13 Å². The third-order valence-corrected chi connectivity index (χ3v) is 4.60. The summed E-state index contributed by atoms with van der Waals surface area (Å²) in [7, 11) is 0. The van der Waals surface area contributed by atoms with Crippen molar-refractivity contribution in [3.8, 4) is 5.75 Å². The van der Waals surface area contributed by atoms with Crippen molar-refractivity contribution in [3.63, 3.8) is 0 Å². The number of benzene rings is 1. The molecule has 0 saturated heterocycles. The molecule has 0 atom stereocenters. The lowest BCUT2D eigenvalue weighted by Crippen LogP contribution is -2.09. The Hall–Kier alpha value is -1.92. The van der Waals surface area contributed by atoms with E-state index < -0.39 is 0 Å². The molecule has 0 bridgehead atoms. The van der Waals surface area contributed by atoms with E-state index in [4.69, 9.17) is 4.74 Å². The van der Waals surface area contributed by atoms with Gasteiger partial charge in [0.2, 0.25) is 0 Å². The van der Waals surface area contributed by atoms with Crippen LogP contribution in [0.3, 0.4) is 0 Å². The fraction of sp³-hybridized carbons (Fsp3) is 0.200. The Morgan fingerprint density at radius 1 is 1.38 bits per heavy atom. The van der Waals surface area contributed by atoms with Gasteiger partial charge >= 0.3 is 0 Å². The first-order chi connectivity index (χ1) is 10.3. The second-order valence-electron chi connectivity index (χ2n) is 4.43. The van der Waals surface area contributed by atoms with Gasteiger partial charge in [0.15, 0.2) is 5.13 Å². The summed E-state index contributed by atoms with van der Waals surface area (Å²) < 4.78 is 6.61. The van der Waals surface area contributed by atoms with Gasteiger partial charge in [0, 0.05) is 0 Å². The lowest BCUT2D eigenvalue weighted by molar-refractivity contribution is 0.103. The van der Waals surface area contributed by atoms with Crippen molar-refractivity contribution in [1.82, 2.24) is 4.98 Å². The summed E-state index contributed by atoms with van der Waals surface area (Å²) in [5.74, 6) is 0.718. The second kappa shape index (κ2) is 6.24. The van der Waals surface area contributed by atoms with Gasteiger partial charge in [-0.3, -0.25) is 10.1 Å². The van der Waals surface area contributed by atoms with Gasteiger partial charge in [-0.2, -0.15) is 0 Å². The van der Waals surface area contributed by atoms with E-state index >= 15 is 0 Å². The number of aromatic nitrogens is 1. The van der Waals surface area contributed by atoms with Crippen molar-refractivity contribution in [3.05, 3.63) is 40.6 Å². The Labute approximate surface area is 130 Å². The van der Waals surface area contributed by atoms with E-state index in [2.05, 4.69) is 17.2 Å². The first-order valence-electron chi connectivity index (χ1n) is 6.64.